The second-order valence-electron chi connectivity index (χ2n) is 4.17. The predicted molar refractivity (Wildman–Crippen MR) is 65.5 cm³/mol. The number of carboxylic acids is 1. The lowest BCUT2D eigenvalue weighted by atomic mass is 10.2. The molecule has 0 bridgehead atoms. The van der Waals surface area contributed by atoms with Crippen LogP contribution in [0.5, 0.6) is 0 Å². The third kappa shape index (κ3) is 3.42. The van der Waals surface area contributed by atoms with E-state index in [4.69, 9.17) is 10.2 Å². The average molecular weight is 238 g/mol. The van der Waals surface area contributed by atoms with E-state index in [0.29, 0.717) is 18.1 Å². The van der Waals surface area contributed by atoms with E-state index in [1.807, 2.05) is 18.7 Å². The van der Waals surface area contributed by atoms with Crippen molar-refractivity contribution in [2.75, 3.05) is 18.1 Å². The number of rotatable bonds is 5. The summed E-state index contributed by atoms with van der Waals surface area (Å²) in [5.41, 5.74) is 0.875. The normalized spacial score (nSPS) is 10.6. The minimum atomic E-state index is -0.968. The van der Waals surface area contributed by atoms with Gasteiger partial charge in [0.05, 0.1) is 12.2 Å². The van der Waals surface area contributed by atoms with Crippen LogP contribution in [0.15, 0.2) is 12.1 Å². The standard InChI is InChI=1S/C12H18N2O3/c1-8(2)14(4-5-15)11-7-10(12(16)17)6-9(3)13-11/h6-8,15H,4-5H2,1-3H3,(H,16,17). The van der Waals surface area contributed by atoms with Crippen LogP contribution in [0, 0.1) is 6.92 Å². The van der Waals surface area contributed by atoms with Gasteiger partial charge in [0.2, 0.25) is 0 Å². The van der Waals surface area contributed by atoms with E-state index in [2.05, 4.69) is 4.98 Å². The Kier molecular flexibility index (Phi) is 4.45. The number of aliphatic hydroxyl groups excluding tert-OH is 1. The van der Waals surface area contributed by atoms with Crippen molar-refractivity contribution in [3.05, 3.63) is 23.4 Å². The quantitative estimate of drug-likeness (QED) is 0.808. The van der Waals surface area contributed by atoms with Crippen LogP contribution >= 0.6 is 0 Å². The molecular formula is C12H18N2O3. The molecule has 1 aromatic heterocycles. The molecule has 5 nitrogen and oxygen atoms in total. The molecule has 0 fully saturated rings. The summed E-state index contributed by atoms with van der Waals surface area (Å²) in [4.78, 5) is 17.1. The maximum Gasteiger partial charge on any atom is 0.335 e. The highest BCUT2D eigenvalue weighted by molar-refractivity contribution is 5.88. The zero-order chi connectivity index (χ0) is 13.0. The highest BCUT2D eigenvalue weighted by Crippen LogP contribution is 2.17. The Bertz CT molecular complexity index is 405. The Hall–Kier alpha value is -1.62. The Morgan fingerprint density at radius 1 is 1.47 bits per heavy atom. The monoisotopic (exact) mass is 238 g/mol. The van der Waals surface area contributed by atoms with Gasteiger partial charge in [0.15, 0.2) is 0 Å². The van der Waals surface area contributed by atoms with E-state index in [0.717, 1.165) is 0 Å². The van der Waals surface area contributed by atoms with E-state index >= 15 is 0 Å². The van der Waals surface area contributed by atoms with Gasteiger partial charge in [0.1, 0.15) is 5.82 Å². The number of hydrogen-bond donors (Lipinski definition) is 2. The number of carbonyl (C=O) groups is 1. The molecule has 0 aliphatic rings. The molecule has 0 saturated carbocycles. The van der Waals surface area contributed by atoms with Crippen molar-refractivity contribution < 1.29 is 15.0 Å². The van der Waals surface area contributed by atoms with Crippen LogP contribution < -0.4 is 4.90 Å². The number of anilines is 1. The fraction of sp³-hybridized carbons (Fsp3) is 0.500. The zero-order valence-corrected chi connectivity index (χ0v) is 10.3. The molecule has 0 amide bonds. The minimum Gasteiger partial charge on any atom is -0.478 e. The van der Waals surface area contributed by atoms with Crippen LogP contribution in [0.25, 0.3) is 0 Å². The molecule has 0 saturated heterocycles. The van der Waals surface area contributed by atoms with Gasteiger partial charge in [0.25, 0.3) is 0 Å². The topological polar surface area (TPSA) is 73.7 Å². The third-order valence-corrected chi connectivity index (χ3v) is 2.45. The SMILES string of the molecule is Cc1cc(C(=O)O)cc(N(CCO)C(C)C)n1. The van der Waals surface area contributed by atoms with Crippen LogP contribution in [0.2, 0.25) is 0 Å². The first kappa shape index (κ1) is 13.4. The van der Waals surface area contributed by atoms with Gasteiger partial charge in [-0.2, -0.15) is 0 Å². The number of nitrogens with zero attached hydrogens (tertiary/aromatic N) is 2. The first-order valence-corrected chi connectivity index (χ1v) is 5.55. The third-order valence-electron chi connectivity index (χ3n) is 2.45. The number of aliphatic hydroxyl groups is 1. The van der Waals surface area contributed by atoms with Crippen molar-refractivity contribution in [3.63, 3.8) is 0 Å². The highest BCUT2D eigenvalue weighted by atomic mass is 16.4. The van der Waals surface area contributed by atoms with Gasteiger partial charge in [-0.15, -0.1) is 0 Å². The van der Waals surface area contributed by atoms with Crippen molar-refractivity contribution in [1.82, 2.24) is 4.98 Å². The summed E-state index contributed by atoms with van der Waals surface area (Å²) < 4.78 is 0. The Balaban J connectivity index is 3.14. The van der Waals surface area contributed by atoms with Gasteiger partial charge in [-0.1, -0.05) is 0 Å². The number of aromatic nitrogens is 1. The summed E-state index contributed by atoms with van der Waals surface area (Å²) in [6.07, 6.45) is 0. The van der Waals surface area contributed by atoms with Crippen LogP contribution in [0.4, 0.5) is 5.82 Å². The van der Waals surface area contributed by atoms with Crippen LogP contribution in [0.1, 0.15) is 29.9 Å². The van der Waals surface area contributed by atoms with Crippen LogP contribution in [0.3, 0.4) is 0 Å². The fourth-order valence-corrected chi connectivity index (χ4v) is 1.67. The lowest BCUT2D eigenvalue weighted by Gasteiger charge is -2.27. The summed E-state index contributed by atoms with van der Waals surface area (Å²) in [5, 5.41) is 18.0. The van der Waals surface area contributed by atoms with E-state index < -0.39 is 5.97 Å². The molecule has 1 aromatic rings. The van der Waals surface area contributed by atoms with Gasteiger partial charge in [-0.05, 0) is 32.9 Å². The molecule has 0 radical (unpaired) electrons. The molecular weight excluding hydrogens is 220 g/mol. The average Bonchev–Trinajstić information content (AvgIpc) is 2.24. The van der Waals surface area contributed by atoms with Gasteiger partial charge in [-0.25, -0.2) is 9.78 Å². The molecule has 2 N–H and O–H groups in total. The Morgan fingerprint density at radius 3 is 2.59 bits per heavy atom. The minimum absolute atomic E-state index is 0.0101. The predicted octanol–water partition coefficient (Wildman–Crippen LogP) is 1.30. The van der Waals surface area contributed by atoms with Crippen molar-refractivity contribution in [2.24, 2.45) is 0 Å². The summed E-state index contributed by atoms with van der Waals surface area (Å²) in [5.74, 6) is -0.379. The lowest BCUT2D eigenvalue weighted by Crippen LogP contribution is -2.34. The molecule has 0 spiro atoms. The molecule has 0 aromatic carbocycles. The first-order valence-electron chi connectivity index (χ1n) is 5.55. The van der Waals surface area contributed by atoms with Crippen molar-refractivity contribution in [3.8, 4) is 0 Å². The molecule has 0 aliphatic heterocycles. The van der Waals surface area contributed by atoms with E-state index in [-0.39, 0.29) is 18.2 Å². The maximum absolute atomic E-state index is 11.0. The second kappa shape index (κ2) is 5.63. The summed E-state index contributed by atoms with van der Waals surface area (Å²) in [6, 6.07) is 3.21. The number of aryl methyl sites for hydroxylation is 1. The van der Waals surface area contributed by atoms with E-state index in [1.54, 1.807) is 6.92 Å². The molecule has 0 unspecified atom stereocenters. The number of carboxylic acid groups (broad SMARTS) is 1. The molecule has 1 rings (SSSR count). The molecule has 0 atom stereocenters. The second-order valence-corrected chi connectivity index (χ2v) is 4.17. The van der Waals surface area contributed by atoms with Gasteiger partial charge < -0.3 is 15.1 Å². The molecule has 5 heteroatoms. The zero-order valence-electron chi connectivity index (χ0n) is 10.3. The molecule has 17 heavy (non-hydrogen) atoms. The summed E-state index contributed by atoms with van der Waals surface area (Å²) in [6.45, 7) is 6.15. The van der Waals surface area contributed by atoms with Gasteiger partial charge >= 0.3 is 5.97 Å². The van der Waals surface area contributed by atoms with Crippen LogP contribution in [-0.2, 0) is 0 Å². The number of pyridine rings is 1. The van der Waals surface area contributed by atoms with Gasteiger partial charge in [0, 0.05) is 18.3 Å². The van der Waals surface area contributed by atoms with Crippen molar-refractivity contribution >= 4 is 11.8 Å². The Morgan fingerprint density at radius 2 is 2.12 bits per heavy atom. The van der Waals surface area contributed by atoms with Crippen molar-refractivity contribution in [1.29, 1.82) is 0 Å². The molecule has 0 aliphatic carbocycles. The maximum atomic E-state index is 11.0. The smallest absolute Gasteiger partial charge is 0.335 e. The lowest BCUT2D eigenvalue weighted by molar-refractivity contribution is 0.0696. The molecule has 94 valence electrons. The van der Waals surface area contributed by atoms with E-state index in [9.17, 15) is 4.79 Å². The fourth-order valence-electron chi connectivity index (χ4n) is 1.67. The molecule has 1 heterocycles. The Labute approximate surface area is 101 Å². The number of aromatic carboxylic acids is 1. The first-order chi connectivity index (χ1) is 7.95. The summed E-state index contributed by atoms with van der Waals surface area (Å²) in [7, 11) is 0. The summed E-state index contributed by atoms with van der Waals surface area (Å²) >= 11 is 0. The van der Waals surface area contributed by atoms with Gasteiger partial charge in [-0.3, -0.25) is 0 Å². The van der Waals surface area contributed by atoms with Crippen molar-refractivity contribution in [2.45, 2.75) is 26.8 Å². The number of hydrogen-bond acceptors (Lipinski definition) is 4. The largest absolute Gasteiger partial charge is 0.478 e. The van der Waals surface area contributed by atoms with Crippen LogP contribution in [-0.4, -0.2) is 40.4 Å². The van der Waals surface area contributed by atoms with E-state index in [1.165, 1.54) is 12.1 Å². The highest BCUT2D eigenvalue weighted by Gasteiger charge is 2.14.